The second-order valence-corrected chi connectivity index (χ2v) is 5.31. The van der Waals surface area contributed by atoms with Crippen molar-refractivity contribution in [1.29, 1.82) is 0 Å². The summed E-state index contributed by atoms with van der Waals surface area (Å²) in [6.45, 7) is 3.28. The van der Waals surface area contributed by atoms with E-state index in [0.717, 1.165) is 23.6 Å². The van der Waals surface area contributed by atoms with Crippen LogP contribution in [0.5, 0.6) is 0 Å². The van der Waals surface area contributed by atoms with E-state index in [2.05, 4.69) is 41.8 Å². The van der Waals surface area contributed by atoms with Gasteiger partial charge in [0.1, 0.15) is 0 Å². The molecule has 0 bridgehead atoms. The number of hydrogen-bond acceptors (Lipinski definition) is 3. The summed E-state index contributed by atoms with van der Waals surface area (Å²) in [5.41, 5.74) is 9.76. The van der Waals surface area contributed by atoms with Crippen LogP contribution in [-0.2, 0) is 0 Å². The van der Waals surface area contributed by atoms with Crippen LogP contribution in [0.4, 0.5) is 22.7 Å². The molecule has 2 rings (SSSR count). The van der Waals surface area contributed by atoms with E-state index in [1.807, 2.05) is 24.3 Å². The fourth-order valence-electron chi connectivity index (χ4n) is 2.19. The average Bonchev–Trinajstić information content (AvgIpc) is 2.51. The Morgan fingerprint density at radius 1 is 0.762 bits per heavy atom. The van der Waals surface area contributed by atoms with Gasteiger partial charge in [0, 0.05) is 29.3 Å². The number of hydrogen-bond donors (Lipinski definition) is 3. The minimum atomic E-state index is 0.781. The van der Waals surface area contributed by atoms with Gasteiger partial charge in [-0.1, -0.05) is 26.2 Å². The molecule has 0 spiro atoms. The van der Waals surface area contributed by atoms with Gasteiger partial charge >= 0.3 is 0 Å². The summed E-state index contributed by atoms with van der Waals surface area (Å²) < 4.78 is 0. The van der Waals surface area contributed by atoms with E-state index < -0.39 is 0 Å². The van der Waals surface area contributed by atoms with Gasteiger partial charge in [-0.3, -0.25) is 0 Å². The minimum absolute atomic E-state index is 0.781. The van der Waals surface area contributed by atoms with Crippen molar-refractivity contribution >= 4 is 22.7 Å². The van der Waals surface area contributed by atoms with Crippen molar-refractivity contribution in [3.8, 4) is 0 Å². The third kappa shape index (κ3) is 5.38. The van der Waals surface area contributed by atoms with E-state index in [0.29, 0.717) is 0 Å². The maximum atomic E-state index is 5.68. The quantitative estimate of drug-likeness (QED) is 0.472. The van der Waals surface area contributed by atoms with E-state index in [-0.39, 0.29) is 0 Å². The third-order valence-corrected chi connectivity index (χ3v) is 3.44. The lowest BCUT2D eigenvalue weighted by molar-refractivity contribution is 0.685. The summed E-state index contributed by atoms with van der Waals surface area (Å²) in [6, 6.07) is 16.2. The molecule has 0 aliphatic carbocycles. The van der Waals surface area contributed by atoms with Gasteiger partial charge in [0.15, 0.2) is 0 Å². The van der Waals surface area contributed by atoms with E-state index in [1.54, 1.807) is 0 Å². The van der Waals surface area contributed by atoms with Crippen LogP contribution in [0.3, 0.4) is 0 Å². The zero-order valence-corrected chi connectivity index (χ0v) is 12.7. The predicted octanol–water partition coefficient (Wildman–Crippen LogP) is 5.00. The molecule has 0 fully saturated rings. The molecule has 0 amide bonds. The van der Waals surface area contributed by atoms with Crippen molar-refractivity contribution < 1.29 is 0 Å². The number of benzene rings is 2. The molecule has 4 N–H and O–H groups in total. The Labute approximate surface area is 127 Å². The van der Waals surface area contributed by atoms with E-state index in [1.165, 1.54) is 31.4 Å². The Kier molecular flexibility index (Phi) is 5.95. The van der Waals surface area contributed by atoms with E-state index in [9.17, 15) is 0 Å². The molecular formula is C18H25N3. The molecule has 21 heavy (non-hydrogen) atoms. The maximum absolute atomic E-state index is 5.68. The van der Waals surface area contributed by atoms with E-state index in [4.69, 9.17) is 5.73 Å². The molecule has 0 saturated heterocycles. The van der Waals surface area contributed by atoms with Crippen LogP contribution < -0.4 is 16.4 Å². The molecule has 0 saturated carbocycles. The first-order chi connectivity index (χ1) is 10.3. The van der Waals surface area contributed by atoms with Crippen LogP contribution >= 0.6 is 0 Å². The second-order valence-electron chi connectivity index (χ2n) is 5.31. The van der Waals surface area contributed by atoms with Crippen LogP contribution in [0.25, 0.3) is 0 Å². The Hall–Kier alpha value is -2.16. The monoisotopic (exact) mass is 283 g/mol. The summed E-state index contributed by atoms with van der Waals surface area (Å²) in [4.78, 5) is 0. The van der Waals surface area contributed by atoms with Gasteiger partial charge in [-0.25, -0.2) is 0 Å². The van der Waals surface area contributed by atoms with Crippen molar-refractivity contribution in [2.24, 2.45) is 0 Å². The molecule has 3 nitrogen and oxygen atoms in total. The molecule has 112 valence electrons. The molecule has 0 atom stereocenters. The number of rotatable bonds is 8. The fourth-order valence-corrected chi connectivity index (χ4v) is 2.19. The molecule has 0 heterocycles. The highest BCUT2D eigenvalue weighted by molar-refractivity contribution is 5.63. The minimum Gasteiger partial charge on any atom is -0.399 e. The van der Waals surface area contributed by atoms with Crippen molar-refractivity contribution in [3.05, 3.63) is 48.5 Å². The molecule has 2 aromatic carbocycles. The molecular weight excluding hydrogens is 258 g/mol. The van der Waals surface area contributed by atoms with Gasteiger partial charge in [-0.2, -0.15) is 0 Å². The summed E-state index contributed by atoms with van der Waals surface area (Å²) in [5.74, 6) is 0. The first kappa shape index (κ1) is 15.2. The van der Waals surface area contributed by atoms with Crippen molar-refractivity contribution in [1.82, 2.24) is 0 Å². The molecule has 0 radical (unpaired) electrons. The van der Waals surface area contributed by atoms with Crippen LogP contribution in [0.1, 0.15) is 32.6 Å². The van der Waals surface area contributed by atoms with E-state index >= 15 is 0 Å². The lowest BCUT2D eigenvalue weighted by Gasteiger charge is -2.09. The highest BCUT2D eigenvalue weighted by Crippen LogP contribution is 2.19. The lowest BCUT2D eigenvalue weighted by Crippen LogP contribution is -2.01. The molecule has 0 aliphatic heterocycles. The summed E-state index contributed by atoms with van der Waals surface area (Å²) >= 11 is 0. The lowest BCUT2D eigenvalue weighted by atomic mass is 10.2. The zero-order valence-electron chi connectivity index (χ0n) is 12.7. The second kappa shape index (κ2) is 8.20. The average molecular weight is 283 g/mol. The number of unbranched alkanes of at least 4 members (excludes halogenated alkanes) is 3. The molecule has 2 aromatic rings. The Balaban J connectivity index is 1.80. The van der Waals surface area contributed by atoms with Crippen molar-refractivity contribution in [3.63, 3.8) is 0 Å². The first-order valence-electron chi connectivity index (χ1n) is 7.74. The highest BCUT2D eigenvalue weighted by atomic mass is 14.9. The number of nitrogens with one attached hydrogen (secondary N) is 2. The number of nitrogens with two attached hydrogens (primary N) is 1. The molecule has 0 unspecified atom stereocenters. The molecule has 0 aromatic heterocycles. The van der Waals surface area contributed by atoms with Gasteiger partial charge in [0.2, 0.25) is 0 Å². The van der Waals surface area contributed by atoms with Crippen LogP contribution in [-0.4, -0.2) is 6.54 Å². The molecule has 3 heteroatoms. The standard InChI is InChI=1S/C18H25N3/c1-2-3-4-5-14-20-16-10-12-18(13-11-16)21-17-8-6-15(19)7-9-17/h6-13,20-21H,2-5,14,19H2,1H3. The smallest absolute Gasteiger partial charge is 0.0385 e. The van der Waals surface area contributed by atoms with Gasteiger partial charge < -0.3 is 16.4 Å². The first-order valence-corrected chi connectivity index (χ1v) is 7.74. The zero-order chi connectivity index (χ0) is 14.9. The van der Waals surface area contributed by atoms with Gasteiger partial charge in [-0.05, 0) is 55.0 Å². The molecule has 0 aliphatic rings. The summed E-state index contributed by atoms with van der Waals surface area (Å²) in [6.07, 6.45) is 5.15. The number of nitrogen functional groups attached to an aromatic ring is 1. The SMILES string of the molecule is CCCCCCNc1ccc(Nc2ccc(N)cc2)cc1. The fraction of sp³-hybridized carbons (Fsp3) is 0.333. The number of anilines is 4. The normalized spacial score (nSPS) is 10.3. The summed E-state index contributed by atoms with van der Waals surface area (Å²) in [7, 11) is 0. The Bertz CT molecular complexity index is 517. The van der Waals surface area contributed by atoms with Crippen molar-refractivity contribution in [2.75, 3.05) is 22.9 Å². The summed E-state index contributed by atoms with van der Waals surface area (Å²) in [5, 5.41) is 6.82. The van der Waals surface area contributed by atoms with Crippen LogP contribution in [0.2, 0.25) is 0 Å². The highest BCUT2D eigenvalue weighted by Gasteiger charge is 1.96. The largest absolute Gasteiger partial charge is 0.399 e. The van der Waals surface area contributed by atoms with Gasteiger partial charge in [0.25, 0.3) is 0 Å². The Morgan fingerprint density at radius 3 is 1.95 bits per heavy atom. The van der Waals surface area contributed by atoms with Crippen LogP contribution in [0.15, 0.2) is 48.5 Å². The third-order valence-electron chi connectivity index (χ3n) is 3.44. The van der Waals surface area contributed by atoms with Crippen LogP contribution in [0, 0.1) is 0 Å². The maximum Gasteiger partial charge on any atom is 0.0385 e. The van der Waals surface area contributed by atoms with Crippen molar-refractivity contribution in [2.45, 2.75) is 32.6 Å². The Morgan fingerprint density at radius 2 is 1.33 bits per heavy atom. The predicted molar refractivity (Wildman–Crippen MR) is 93.2 cm³/mol. The van der Waals surface area contributed by atoms with Gasteiger partial charge in [-0.15, -0.1) is 0 Å². The topological polar surface area (TPSA) is 50.1 Å². The van der Waals surface area contributed by atoms with Gasteiger partial charge in [0.05, 0.1) is 0 Å².